The van der Waals surface area contributed by atoms with E-state index in [1.165, 1.54) is 12.8 Å². The Hall–Kier alpha value is -0.0800. The fourth-order valence-electron chi connectivity index (χ4n) is 2.22. The lowest BCUT2D eigenvalue weighted by molar-refractivity contribution is -0.0127. The molecule has 1 fully saturated rings. The normalized spacial score (nSPS) is 33.0. The van der Waals surface area contributed by atoms with Gasteiger partial charge in [0.25, 0.3) is 0 Å². The molecular formula is C13H27NO. The molecular weight excluding hydrogens is 186 g/mol. The van der Waals surface area contributed by atoms with Crippen molar-refractivity contribution in [2.45, 2.75) is 70.9 Å². The summed E-state index contributed by atoms with van der Waals surface area (Å²) in [5, 5.41) is 13.7. The van der Waals surface area contributed by atoms with Crippen molar-refractivity contribution in [1.82, 2.24) is 5.32 Å². The van der Waals surface area contributed by atoms with E-state index >= 15 is 0 Å². The zero-order chi connectivity index (χ0) is 11.5. The standard InChI is InChI=1S/C13H27NO/c1-5-13(15)8-6-11(7-9-13)10-14-12(2,3)4/h11,14-15H,5-10H2,1-4H3. The van der Waals surface area contributed by atoms with Crippen molar-refractivity contribution < 1.29 is 5.11 Å². The van der Waals surface area contributed by atoms with E-state index in [0.717, 1.165) is 31.7 Å². The van der Waals surface area contributed by atoms with Crippen molar-refractivity contribution in [2.24, 2.45) is 5.92 Å². The number of aliphatic hydroxyl groups is 1. The Morgan fingerprint density at radius 2 is 1.80 bits per heavy atom. The minimum atomic E-state index is -0.349. The fourth-order valence-corrected chi connectivity index (χ4v) is 2.22. The third-order valence-electron chi connectivity index (χ3n) is 3.62. The van der Waals surface area contributed by atoms with Crippen LogP contribution in [-0.2, 0) is 0 Å². The molecule has 0 unspecified atom stereocenters. The fraction of sp³-hybridized carbons (Fsp3) is 1.00. The first kappa shape index (κ1) is 13.0. The minimum absolute atomic E-state index is 0.221. The second-order valence-electron chi connectivity index (χ2n) is 6.15. The molecule has 0 radical (unpaired) electrons. The quantitative estimate of drug-likeness (QED) is 0.755. The predicted octanol–water partition coefficient (Wildman–Crippen LogP) is 2.71. The van der Waals surface area contributed by atoms with Crippen molar-refractivity contribution in [3.63, 3.8) is 0 Å². The summed E-state index contributed by atoms with van der Waals surface area (Å²) >= 11 is 0. The number of nitrogens with one attached hydrogen (secondary N) is 1. The molecule has 1 saturated carbocycles. The molecule has 0 aromatic carbocycles. The molecule has 2 nitrogen and oxygen atoms in total. The Morgan fingerprint density at radius 3 is 2.20 bits per heavy atom. The van der Waals surface area contributed by atoms with Gasteiger partial charge < -0.3 is 10.4 Å². The maximum Gasteiger partial charge on any atom is 0.0645 e. The average Bonchev–Trinajstić information content (AvgIpc) is 2.16. The lowest BCUT2D eigenvalue weighted by atomic mass is 9.77. The van der Waals surface area contributed by atoms with Crippen LogP contribution in [0.2, 0.25) is 0 Å². The second kappa shape index (κ2) is 4.84. The van der Waals surface area contributed by atoms with Crippen molar-refractivity contribution >= 4 is 0 Å². The zero-order valence-electron chi connectivity index (χ0n) is 10.8. The number of rotatable bonds is 3. The van der Waals surface area contributed by atoms with Crippen LogP contribution < -0.4 is 5.32 Å². The van der Waals surface area contributed by atoms with Gasteiger partial charge >= 0.3 is 0 Å². The summed E-state index contributed by atoms with van der Waals surface area (Å²) < 4.78 is 0. The monoisotopic (exact) mass is 213 g/mol. The van der Waals surface area contributed by atoms with Gasteiger partial charge in [-0.15, -0.1) is 0 Å². The third-order valence-corrected chi connectivity index (χ3v) is 3.62. The van der Waals surface area contributed by atoms with Gasteiger partial charge in [-0.2, -0.15) is 0 Å². The van der Waals surface area contributed by atoms with Gasteiger partial charge in [-0.25, -0.2) is 0 Å². The van der Waals surface area contributed by atoms with Crippen molar-refractivity contribution in [1.29, 1.82) is 0 Å². The van der Waals surface area contributed by atoms with Crippen molar-refractivity contribution in [2.75, 3.05) is 6.54 Å². The molecule has 0 amide bonds. The molecule has 0 aromatic heterocycles. The molecule has 15 heavy (non-hydrogen) atoms. The van der Waals surface area contributed by atoms with Gasteiger partial charge in [0.15, 0.2) is 0 Å². The SMILES string of the molecule is CCC1(O)CCC(CNC(C)(C)C)CC1. The summed E-state index contributed by atoms with van der Waals surface area (Å²) in [6.07, 6.45) is 5.23. The highest BCUT2D eigenvalue weighted by Gasteiger charge is 2.31. The Morgan fingerprint density at radius 1 is 1.27 bits per heavy atom. The molecule has 2 N–H and O–H groups in total. The summed E-state index contributed by atoms with van der Waals surface area (Å²) in [5.41, 5.74) is -0.128. The van der Waals surface area contributed by atoms with Gasteiger partial charge in [-0.05, 0) is 65.3 Å². The second-order valence-corrected chi connectivity index (χ2v) is 6.15. The molecule has 0 aromatic rings. The maximum absolute atomic E-state index is 10.1. The maximum atomic E-state index is 10.1. The molecule has 90 valence electrons. The van der Waals surface area contributed by atoms with Crippen LogP contribution in [-0.4, -0.2) is 22.8 Å². The van der Waals surface area contributed by atoms with Gasteiger partial charge in [-0.3, -0.25) is 0 Å². The highest BCUT2D eigenvalue weighted by atomic mass is 16.3. The third kappa shape index (κ3) is 4.52. The van der Waals surface area contributed by atoms with Gasteiger partial charge in [0.05, 0.1) is 5.60 Å². The van der Waals surface area contributed by atoms with E-state index in [9.17, 15) is 5.11 Å². The first-order valence-corrected chi connectivity index (χ1v) is 6.32. The van der Waals surface area contributed by atoms with Gasteiger partial charge in [-0.1, -0.05) is 6.92 Å². The van der Waals surface area contributed by atoms with E-state index in [-0.39, 0.29) is 11.1 Å². The summed E-state index contributed by atoms with van der Waals surface area (Å²) in [4.78, 5) is 0. The van der Waals surface area contributed by atoms with Crippen LogP contribution in [0.5, 0.6) is 0 Å². The Bertz CT molecular complexity index is 187. The zero-order valence-corrected chi connectivity index (χ0v) is 10.8. The van der Waals surface area contributed by atoms with Gasteiger partial charge in [0, 0.05) is 5.54 Å². The molecule has 0 atom stereocenters. The summed E-state index contributed by atoms with van der Waals surface area (Å²) in [5.74, 6) is 0.760. The molecule has 0 saturated heterocycles. The lowest BCUT2D eigenvalue weighted by Gasteiger charge is -2.36. The molecule has 1 rings (SSSR count). The smallest absolute Gasteiger partial charge is 0.0645 e. The van der Waals surface area contributed by atoms with Crippen LogP contribution in [0.25, 0.3) is 0 Å². The van der Waals surface area contributed by atoms with Crippen LogP contribution in [0.3, 0.4) is 0 Å². The summed E-state index contributed by atoms with van der Waals surface area (Å²) in [6, 6.07) is 0. The first-order valence-electron chi connectivity index (χ1n) is 6.32. The predicted molar refractivity (Wildman–Crippen MR) is 65.0 cm³/mol. The van der Waals surface area contributed by atoms with Crippen molar-refractivity contribution in [3.05, 3.63) is 0 Å². The Labute approximate surface area is 94.5 Å². The largest absolute Gasteiger partial charge is 0.390 e. The molecule has 0 aliphatic heterocycles. The Balaban J connectivity index is 2.26. The summed E-state index contributed by atoms with van der Waals surface area (Å²) in [7, 11) is 0. The van der Waals surface area contributed by atoms with Crippen molar-refractivity contribution in [3.8, 4) is 0 Å². The van der Waals surface area contributed by atoms with E-state index in [4.69, 9.17) is 0 Å². The van der Waals surface area contributed by atoms with E-state index < -0.39 is 0 Å². The van der Waals surface area contributed by atoms with E-state index in [0.29, 0.717) is 0 Å². The highest BCUT2D eigenvalue weighted by Crippen LogP contribution is 2.33. The lowest BCUT2D eigenvalue weighted by Crippen LogP contribution is -2.42. The van der Waals surface area contributed by atoms with E-state index in [2.05, 4.69) is 33.0 Å². The average molecular weight is 213 g/mol. The van der Waals surface area contributed by atoms with E-state index in [1.807, 2.05) is 0 Å². The summed E-state index contributed by atoms with van der Waals surface area (Å²) in [6.45, 7) is 9.81. The van der Waals surface area contributed by atoms with Crippen LogP contribution in [0.15, 0.2) is 0 Å². The first-order chi connectivity index (χ1) is 6.85. The van der Waals surface area contributed by atoms with Crippen LogP contribution in [0.4, 0.5) is 0 Å². The van der Waals surface area contributed by atoms with Gasteiger partial charge in [0.1, 0.15) is 0 Å². The molecule has 1 aliphatic rings. The topological polar surface area (TPSA) is 32.3 Å². The van der Waals surface area contributed by atoms with Crippen LogP contribution >= 0.6 is 0 Å². The Kier molecular flexibility index (Phi) is 4.19. The molecule has 1 aliphatic carbocycles. The number of hydrogen-bond acceptors (Lipinski definition) is 2. The molecule has 0 bridgehead atoms. The van der Waals surface area contributed by atoms with Crippen LogP contribution in [0.1, 0.15) is 59.8 Å². The number of hydrogen-bond donors (Lipinski definition) is 2. The molecule has 2 heteroatoms. The highest BCUT2D eigenvalue weighted by molar-refractivity contribution is 4.85. The van der Waals surface area contributed by atoms with E-state index in [1.54, 1.807) is 0 Å². The molecule has 0 spiro atoms. The van der Waals surface area contributed by atoms with Gasteiger partial charge in [0.2, 0.25) is 0 Å². The minimum Gasteiger partial charge on any atom is -0.390 e. The van der Waals surface area contributed by atoms with Crippen LogP contribution in [0, 0.1) is 5.92 Å². The molecule has 0 heterocycles.